The minimum absolute atomic E-state index is 0.393. The zero-order valence-corrected chi connectivity index (χ0v) is 21.7. The lowest BCUT2D eigenvalue weighted by Gasteiger charge is -2.35. The summed E-state index contributed by atoms with van der Waals surface area (Å²) >= 11 is 0. The molecule has 0 fully saturated rings. The fraction of sp³-hybridized carbons (Fsp3) is 1.00. The first kappa shape index (κ1) is 28.9. The maximum absolute atomic E-state index is 12.3. The van der Waals surface area contributed by atoms with Gasteiger partial charge in [0.15, 0.2) is 0 Å². The van der Waals surface area contributed by atoms with Crippen molar-refractivity contribution >= 4 is 9.84 Å². The third-order valence-electron chi connectivity index (χ3n) is 7.70. The number of sulfone groups is 1. The van der Waals surface area contributed by atoms with E-state index in [2.05, 4.69) is 41.5 Å². The van der Waals surface area contributed by atoms with Gasteiger partial charge in [0, 0.05) is 0 Å². The average molecular weight is 435 g/mol. The van der Waals surface area contributed by atoms with Gasteiger partial charge in [-0.05, 0) is 80.1 Å². The van der Waals surface area contributed by atoms with Gasteiger partial charge in [0.1, 0.15) is 9.84 Å². The number of hydrogen-bond donors (Lipinski definition) is 0. The van der Waals surface area contributed by atoms with Gasteiger partial charge in [-0.3, -0.25) is 0 Å². The second kappa shape index (κ2) is 15.6. The Morgan fingerprint density at radius 2 is 0.724 bits per heavy atom. The Kier molecular flexibility index (Phi) is 15.6. The van der Waals surface area contributed by atoms with Crippen LogP contribution in [0.5, 0.6) is 0 Å². The first-order valence-corrected chi connectivity index (χ1v) is 14.5. The van der Waals surface area contributed by atoms with Gasteiger partial charge in [0.05, 0.1) is 63.9 Å². The first-order valence-electron chi connectivity index (χ1n) is 12.7. The summed E-state index contributed by atoms with van der Waals surface area (Å²) in [6.07, 6.45) is 8.59. The quantitative estimate of drug-likeness (QED) is 0.193. The van der Waals surface area contributed by atoms with Crippen molar-refractivity contribution in [3.05, 3.63) is 0 Å². The molecule has 0 bridgehead atoms. The molecule has 0 N–H and O–H groups in total. The zero-order valence-electron chi connectivity index (χ0n) is 20.8. The number of nitrogens with zero attached hydrogens (tertiary/aromatic N) is 2. The fourth-order valence-electron chi connectivity index (χ4n) is 4.64. The molecule has 0 aliphatic heterocycles. The van der Waals surface area contributed by atoms with Crippen LogP contribution in [-0.4, -0.2) is 81.2 Å². The summed E-state index contributed by atoms with van der Waals surface area (Å²) in [4.78, 5) is 0. The minimum Gasteiger partial charge on any atom is -0.324 e. The molecule has 0 aromatic carbocycles. The van der Waals surface area contributed by atoms with Crippen molar-refractivity contribution in [2.24, 2.45) is 0 Å². The summed E-state index contributed by atoms with van der Waals surface area (Å²) in [5.74, 6) is 0.785. The molecule has 4 nitrogen and oxygen atoms in total. The largest absolute Gasteiger partial charge is 0.324 e. The number of hydrogen-bond acceptors (Lipinski definition) is 2. The lowest BCUT2D eigenvalue weighted by molar-refractivity contribution is -0.923. The highest BCUT2D eigenvalue weighted by atomic mass is 32.2. The molecule has 29 heavy (non-hydrogen) atoms. The molecule has 0 aliphatic rings. The standard InChI is InChI=1S/C24H54N2O2S/c1-7-25(8-2,9-3)21-17-13-15-19-23-29(27,28)24-20-16-14-18-22-26(10-4,11-5)12-6/h7-24H2,1-6H3/q+2. The van der Waals surface area contributed by atoms with E-state index < -0.39 is 9.84 Å². The Morgan fingerprint density at radius 1 is 0.448 bits per heavy atom. The van der Waals surface area contributed by atoms with Crippen LogP contribution in [0.4, 0.5) is 0 Å². The minimum atomic E-state index is -2.85. The van der Waals surface area contributed by atoms with Crippen molar-refractivity contribution < 1.29 is 17.4 Å². The van der Waals surface area contributed by atoms with Gasteiger partial charge < -0.3 is 8.97 Å². The van der Waals surface area contributed by atoms with E-state index in [1.165, 1.54) is 87.0 Å². The summed E-state index contributed by atoms with van der Waals surface area (Å²) in [6, 6.07) is 0. The van der Waals surface area contributed by atoms with Crippen LogP contribution < -0.4 is 0 Å². The summed E-state index contributed by atoms with van der Waals surface area (Å²) in [7, 11) is -2.85. The molecule has 0 radical (unpaired) electrons. The predicted molar refractivity (Wildman–Crippen MR) is 129 cm³/mol. The first-order chi connectivity index (χ1) is 13.8. The van der Waals surface area contributed by atoms with Crippen LogP contribution in [0.25, 0.3) is 0 Å². The average Bonchev–Trinajstić information content (AvgIpc) is 2.74. The highest BCUT2D eigenvalue weighted by molar-refractivity contribution is 7.91. The summed E-state index contributed by atoms with van der Waals surface area (Å²) in [5, 5.41) is 0. The molecule has 0 heterocycles. The molecular formula is C24H54N2O2S+2. The van der Waals surface area contributed by atoms with Gasteiger partial charge >= 0.3 is 0 Å². The molecule has 176 valence electrons. The third-order valence-corrected chi connectivity index (χ3v) is 9.52. The lowest BCUT2D eigenvalue weighted by Crippen LogP contribution is -2.48. The van der Waals surface area contributed by atoms with Crippen molar-refractivity contribution in [3.63, 3.8) is 0 Å². The Hall–Kier alpha value is -0.130. The van der Waals surface area contributed by atoms with E-state index in [1.807, 2.05) is 0 Å². The van der Waals surface area contributed by atoms with E-state index >= 15 is 0 Å². The second-order valence-corrected chi connectivity index (χ2v) is 11.3. The fourth-order valence-corrected chi connectivity index (χ4v) is 6.13. The van der Waals surface area contributed by atoms with Crippen molar-refractivity contribution in [3.8, 4) is 0 Å². The molecule has 0 saturated carbocycles. The van der Waals surface area contributed by atoms with E-state index in [0.717, 1.165) is 25.7 Å². The Bertz CT molecular complexity index is 429. The SMILES string of the molecule is CC[N+](CC)(CC)CCCCCCS(=O)(=O)CCCCCC[N+](CC)(CC)CC. The van der Waals surface area contributed by atoms with Crippen molar-refractivity contribution in [1.82, 2.24) is 0 Å². The summed E-state index contributed by atoms with van der Waals surface area (Å²) in [6.45, 7) is 23.4. The van der Waals surface area contributed by atoms with E-state index in [9.17, 15) is 8.42 Å². The maximum atomic E-state index is 12.3. The molecule has 0 rings (SSSR count). The second-order valence-electron chi connectivity index (χ2n) is 9.01. The normalized spacial score (nSPS) is 13.2. The predicted octanol–water partition coefficient (Wildman–Crippen LogP) is 5.28. The molecule has 0 spiro atoms. The highest BCUT2D eigenvalue weighted by Gasteiger charge is 2.20. The van der Waals surface area contributed by atoms with Crippen LogP contribution in [0.2, 0.25) is 0 Å². The maximum Gasteiger partial charge on any atom is 0.150 e. The summed E-state index contributed by atoms with van der Waals surface area (Å²) in [5.41, 5.74) is 0. The van der Waals surface area contributed by atoms with Crippen LogP contribution in [-0.2, 0) is 9.84 Å². The molecule has 0 aliphatic carbocycles. The van der Waals surface area contributed by atoms with Crippen molar-refractivity contribution in [2.75, 3.05) is 63.9 Å². The highest BCUT2D eigenvalue weighted by Crippen LogP contribution is 2.13. The van der Waals surface area contributed by atoms with Gasteiger partial charge in [0.2, 0.25) is 0 Å². The number of unbranched alkanes of at least 4 members (excludes halogenated alkanes) is 6. The van der Waals surface area contributed by atoms with Gasteiger partial charge in [-0.15, -0.1) is 0 Å². The van der Waals surface area contributed by atoms with E-state index in [0.29, 0.717) is 11.5 Å². The van der Waals surface area contributed by atoms with Crippen LogP contribution in [0.3, 0.4) is 0 Å². The molecule has 0 atom stereocenters. The molecule has 5 heteroatoms. The van der Waals surface area contributed by atoms with E-state index in [1.54, 1.807) is 0 Å². The molecule has 0 amide bonds. The van der Waals surface area contributed by atoms with Crippen LogP contribution >= 0.6 is 0 Å². The Morgan fingerprint density at radius 3 is 1.00 bits per heavy atom. The van der Waals surface area contributed by atoms with Gasteiger partial charge in [-0.2, -0.15) is 0 Å². The monoisotopic (exact) mass is 434 g/mol. The van der Waals surface area contributed by atoms with Crippen LogP contribution in [0.15, 0.2) is 0 Å². The van der Waals surface area contributed by atoms with E-state index in [4.69, 9.17) is 0 Å². The molecule has 0 aromatic rings. The van der Waals surface area contributed by atoms with Gasteiger partial charge in [0.25, 0.3) is 0 Å². The number of quaternary nitrogens is 2. The zero-order chi connectivity index (χ0) is 22.2. The Labute approximate surface area is 184 Å². The van der Waals surface area contributed by atoms with Crippen molar-refractivity contribution in [1.29, 1.82) is 0 Å². The lowest BCUT2D eigenvalue weighted by atomic mass is 10.1. The van der Waals surface area contributed by atoms with Crippen molar-refractivity contribution in [2.45, 2.75) is 92.9 Å². The molecule has 0 saturated heterocycles. The third kappa shape index (κ3) is 11.7. The molecule has 0 aromatic heterocycles. The van der Waals surface area contributed by atoms with Crippen LogP contribution in [0, 0.1) is 0 Å². The van der Waals surface area contributed by atoms with Crippen LogP contribution in [0.1, 0.15) is 92.9 Å². The van der Waals surface area contributed by atoms with Gasteiger partial charge in [-0.1, -0.05) is 12.8 Å². The topological polar surface area (TPSA) is 34.1 Å². The molecule has 0 unspecified atom stereocenters. The molecular weight excluding hydrogens is 380 g/mol. The van der Waals surface area contributed by atoms with Gasteiger partial charge in [-0.25, -0.2) is 8.42 Å². The summed E-state index contributed by atoms with van der Waals surface area (Å²) < 4.78 is 27.0. The Balaban J connectivity index is 3.87. The number of rotatable bonds is 20. The van der Waals surface area contributed by atoms with E-state index in [-0.39, 0.29) is 0 Å². The smallest absolute Gasteiger partial charge is 0.150 e.